The van der Waals surface area contributed by atoms with E-state index in [0.717, 1.165) is 12.8 Å². The molecule has 1 aromatic rings. The SMILES string of the molecule is CC(C(=O)Nc1cc([N+](=O)[O-])ccc1Cl)N1CCC(N(C)CC(=O)O)CC1.Cl. The van der Waals surface area contributed by atoms with Gasteiger partial charge in [-0.25, -0.2) is 0 Å². The van der Waals surface area contributed by atoms with Gasteiger partial charge in [-0.05, 0) is 32.9 Å². The average molecular weight is 435 g/mol. The van der Waals surface area contributed by atoms with E-state index in [1.54, 1.807) is 14.0 Å². The number of nitro groups is 1. The van der Waals surface area contributed by atoms with Crippen LogP contribution in [0.5, 0.6) is 0 Å². The van der Waals surface area contributed by atoms with E-state index >= 15 is 0 Å². The standard InChI is InChI=1S/C17H23ClN4O5.ClH/c1-11(21-7-5-12(6-8-21)20(2)10-16(23)24)17(25)19-15-9-13(22(26)27)3-4-14(15)18;/h3-4,9,11-12H,5-8,10H2,1-2H3,(H,19,25)(H,23,24);1H. The van der Waals surface area contributed by atoms with Gasteiger partial charge in [0.1, 0.15) is 0 Å². The highest BCUT2D eigenvalue weighted by Crippen LogP contribution is 2.27. The number of carbonyl (C=O) groups excluding carboxylic acids is 1. The zero-order valence-electron chi connectivity index (χ0n) is 15.6. The van der Waals surface area contributed by atoms with Crippen LogP contribution < -0.4 is 5.32 Å². The van der Waals surface area contributed by atoms with Gasteiger partial charge in [-0.1, -0.05) is 11.6 Å². The van der Waals surface area contributed by atoms with Crippen molar-refractivity contribution in [1.82, 2.24) is 9.80 Å². The minimum atomic E-state index is -0.860. The first kappa shape index (κ1) is 24.1. The average Bonchev–Trinajstić information content (AvgIpc) is 2.62. The maximum absolute atomic E-state index is 12.5. The molecule has 11 heteroatoms. The van der Waals surface area contributed by atoms with Crippen molar-refractivity contribution in [2.75, 3.05) is 32.0 Å². The second kappa shape index (κ2) is 10.6. The van der Waals surface area contributed by atoms with E-state index in [9.17, 15) is 19.7 Å². The van der Waals surface area contributed by atoms with Gasteiger partial charge in [0.25, 0.3) is 5.69 Å². The summed E-state index contributed by atoms with van der Waals surface area (Å²) in [5, 5.41) is 22.7. The molecule has 9 nitrogen and oxygen atoms in total. The van der Waals surface area contributed by atoms with E-state index < -0.39 is 16.9 Å². The van der Waals surface area contributed by atoms with Crippen LogP contribution in [0.4, 0.5) is 11.4 Å². The first-order chi connectivity index (χ1) is 12.7. The summed E-state index contributed by atoms with van der Waals surface area (Å²) >= 11 is 6.03. The van der Waals surface area contributed by atoms with E-state index in [0.29, 0.717) is 13.1 Å². The van der Waals surface area contributed by atoms with Crippen molar-refractivity contribution in [2.24, 2.45) is 0 Å². The van der Waals surface area contributed by atoms with Crippen LogP contribution in [0.3, 0.4) is 0 Å². The zero-order valence-corrected chi connectivity index (χ0v) is 17.2. The second-order valence-corrected chi connectivity index (χ2v) is 7.07. The monoisotopic (exact) mass is 434 g/mol. The lowest BCUT2D eigenvalue weighted by atomic mass is 10.0. The number of likely N-dealkylation sites (tertiary alicyclic amines) is 1. The Hall–Kier alpha value is -1.94. The van der Waals surface area contributed by atoms with Crippen molar-refractivity contribution in [3.05, 3.63) is 33.3 Å². The lowest BCUT2D eigenvalue weighted by Crippen LogP contribution is -2.50. The van der Waals surface area contributed by atoms with Crippen LogP contribution in [0.1, 0.15) is 19.8 Å². The van der Waals surface area contributed by atoms with E-state index in [-0.39, 0.29) is 47.3 Å². The Labute approximate surface area is 174 Å². The minimum absolute atomic E-state index is 0. The van der Waals surface area contributed by atoms with Gasteiger partial charge in [0.2, 0.25) is 5.91 Å². The number of aliphatic carboxylic acids is 1. The molecular weight excluding hydrogens is 411 g/mol. The van der Waals surface area contributed by atoms with Crippen molar-refractivity contribution in [3.63, 3.8) is 0 Å². The number of nitro benzene ring substituents is 1. The Balaban J connectivity index is 0.00000392. The fraction of sp³-hybridized carbons (Fsp3) is 0.529. The highest BCUT2D eigenvalue weighted by atomic mass is 35.5. The number of benzene rings is 1. The molecule has 0 aliphatic carbocycles. The molecule has 1 saturated heterocycles. The third kappa shape index (κ3) is 6.30. The Morgan fingerprint density at radius 2 is 2.04 bits per heavy atom. The molecule has 1 heterocycles. The molecule has 0 bridgehead atoms. The number of piperidine rings is 1. The van der Waals surface area contributed by atoms with Crippen molar-refractivity contribution < 1.29 is 19.6 Å². The predicted octanol–water partition coefficient (Wildman–Crippen LogP) is 2.48. The van der Waals surface area contributed by atoms with Crippen molar-refractivity contribution >= 4 is 47.3 Å². The molecule has 0 radical (unpaired) electrons. The number of hydrogen-bond donors (Lipinski definition) is 2. The summed E-state index contributed by atoms with van der Waals surface area (Å²) in [7, 11) is 1.79. The van der Waals surface area contributed by atoms with Crippen LogP contribution in [-0.2, 0) is 9.59 Å². The molecule has 28 heavy (non-hydrogen) atoms. The number of amides is 1. The highest BCUT2D eigenvalue weighted by Gasteiger charge is 2.29. The Kier molecular flexibility index (Phi) is 9.09. The van der Waals surface area contributed by atoms with Crippen molar-refractivity contribution in [2.45, 2.75) is 31.8 Å². The highest BCUT2D eigenvalue weighted by molar-refractivity contribution is 6.33. The first-order valence-corrected chi connectivity index (χ1v) is 8.97. The summed E-state index contributed by atoms with van der Waals surface area (Å²) in [4.78, 5) is 37.5. The maximum Gasteiger partial charge on any atom is 0.317 e. The van der Waals surface area contributed by atoms with Crippen molar-refractivity contribution in [1.29, 1.82) is 0 Å². The molecular formula is C17H24Cl2N4O5. The molecule has 1 fully saturated rings. The number of rotatable bonds is 7. The molecule has 0 spiro atoms. The van der Waals surface area contributed by atoms with E-state index in [1.165, 1.54) is 18.2 Å². The first-order valence-electron chi connectivity index (χ1n) is 8.60. The number of anilines is 1. The number of non-ortho nitro benzene ring substituents is 1. The topological polar surface area (TPSA) is 116 Å². The molecule has 2 N–H and O–H groups in total. The molecule has 156 valence electrons. The van der Waals surface area contributed by atoms with E-state index in [1.807, 2.05) is 9.80 Å². The molecule has 0 aromatic heterocycles. The van der Waals surface area contributed by atoms with Crippen LogP contribution in [-0.4, -0.2) is 70.5 Å². The van der Waals surface area contributed by atoms with Gasteiger partial charge in [-0.2, -0.15) is 0 Å². The van der Waals surface area contributed by atoms with Crippen molar-refractivity contribution in [3.8, 4) is 0 Å². The van der Waals surface area contributed by atoms with E-state index in [2.05, 4.69) is 5.32 Å². The van der Waals surface area contributed by atoms with Crippen LogP contribution in [0.2, 0.25) is 5.02 Å². The van der Waals surface area contributed by atoms with Gasteiger partial charge in [0.05, 0.1) is 28.2 Å². The number of carboxylic acids is 1. The minimum Gasteiger partial charge on any atom is -0.480 e. The molecule has 1 amide bonds. The summed E-state index contributed by atoms with van der Waals surface area (Å²) in [5.74, 6) is -1.16. The fourth-order valence-electron chi connectivity index (χ4n) is 3.18. The molecule has 1 atom stereocenters. The molecule has 2 rings (SSSR count). The van der Waals surface area contributed by atoms with Gasteiger partial charge >= 0.3 is 5.97 Å². The fourth-order valence-corrected chi connectivity index (χ4v) is 3.35. The third-order valence-electron chi connectivity index (χ3n) is 4.85. The summed E-state index contributed by atoms with van der Waals surface area (Å²) in [6.45, 7) is 3.08. The van der Waals surface area contributed by atoms with Crippen LogP contribution in [0.25, 0.3) is 0 Å². The van der Waals surface area contributed by atoms with Crippen LogP contribution in [0, 0.1) is 10.1 Å². The summed E-state index contributed by atoms with van der Waals surface area (Å²) < 4.78 is 0. The number of nitrogens with one attached hydrogen (secondary N) is 1. The molecule has 0 saturated carbocycles. The van der Waals surface area contributed by atoms with Gasteiger partial charge < -0.3 is 10.4 Å². The largest absolute Gasteiger partial charge is 0.480 e. The summed E-state index contributed by atoms with van der Waals surface area (Å²) in [6, 6.07) is 3.62. The smallest absolute Gasteiger partial charge is 0.317 e. The normalized spacial score (nSPS) is 16.3. The predicted molar refractivity (Wildman–Crippen MR) is 108 cm³/mol. The number of likely N-dealkylation sites (N-methyl/N-ethyl adjacent to an activating group) is 1. The van der Waals surface area contributed by atoms with E-state index in [4.69, 9.17) is 16.7 Å². The summed E-state index contributed by atoms with van der Waals surface area (Å²) in [6.07, 6.45) is 1.53. The number of carbonyl (C=O) groups is 2. The Morgan fingerprint density at radius 3 is 2.57 bits per heavy atom. The number of halogens is 2. The second-order valence-electron chi connectivity index (χ2n) is 6.66. The van der Waals surface area contributed by atoms with Crippen LogP contribution in [0.15, 0.2) is 18.2 Å². The molecule has 1 aromatic carbocycles. The Morgan fingerprint density at radius 1 is 1.43 bits per heavy atom. The van der Waals surface area contributed by atoms with Gasteiger partial charge in [0, 0.05) is 31.3 Å². The lowest BCUT2D eigenvalue weighted by Gasteiger charge is -2.38. The van der Waals surface area contributed by atoms with Gasteiger partial charge in [-0.15, -0.1) is 12.4 Å². The number of carboxylic acid groups (broad SMARTS) is 1. The maximum atomic E-state index is 12.5. The Bertz CT molecular complexity index is 725. The zero-order chi connectivity index (χ0) is 20.1. The quantitative estimate of drug-likeness (QED) is 0.499. The van der Waals surface area contributed by atoms with Crippen LogP contribution >= 0.6 is 24.0 Å². The molecule has 1 aliphatic rings. The molecule has 1 unspecified atom stereocenters. The number of hydrogen-bond acceptors (Lipinski definition) is 6. The summed E-state index contributed by atoms with van der Waals surface area (Å²) in [5.41, 5.74) is 0.0587. The van der Waals surface area contributed by atoms with Gasteiger partial charge in [-0.3, -0.25) is 29.5 Å². The molecule has 1 aliphatic heterocycles. The van der Waals surface area contributed by atoms with Gasteiger partial charge in [0.15, 0.2) is 0 Å². The number of nitrogens with zero attached hydrogens (tertiary/aromatic N) is 3. The lowest BCUT2D eigenvalue weighted by molar-refractivity contribution is -0.384. The third-order valence-corrected chi connectivity index (χ3v) is 5.18.